The van der Waals surface area contributed by atoms with Crippen LogP contribution < -0.4 is 10.1 Å². The molecule has 0 aliphatic carbocycles. The van der Waals surface area contributed by atoms with E-state index in [0.717, 1.165) is 0 Å². The van der Waals surface area contributed by atoms with Gasteiger partial charge in [-0.25, -0.2) is 22.9 Å². The van der Waals surface area contributed by atoms with E-state index in [4.69, 9.17) is 9.84 Å². The van der Waals surface area contributed by atoms with Gasteiger partial charge in [-0.1, -0.05) is 0 Å². The molecule has 5 rings (SSSR count). The molecule has 3 aromatic heterocycles. The van der Waals surface area contributed by atoms with Gasteiger partial charge in [-0.3, -0.25) is 4.79 Å². The zero-order chi connectivity index (χ0) is 29.6. The van der Waals surface area contributed by atoms with E-state index in [1.165, 1.54) is 11.0 Å². The maximum atomic E-state index is 14.1. The maximum Gasteiger partial charge on any atom is 0.404 e. The molecule has 1 aliphatic rings. The molecule has 4 heterocycles. The molecule has 0 bridgehead atoms. The number of carbonyl (C=O) groups is 2. The van der Waals surface area contributed by atoms with Crippen molar-refractivity contribution in [2.24, 2.45) is 0 Å². The highest BCUT2D eigenvalue weighted by molar-refractivity contribution is 5.78. The van der Waals surface area contributed by atoms with Crippen LogP contribution in [0.3, 0.4) is 0 Å². The Kier molecular flexibility index (Phi) is 8.54. The van der Waals surface area contributed by atoms with Gasteiger partial charge >= 0.3 is 6.09 Å². The second-order valence-corrected chi connectivity index (χ2v) is 9.58. The van der Waals surface area contributed by atoms with Gasteiger partial charge in [0.2, 0.25) is 5.91 Å². The molecule has 2 N–H and O–H groups in total. The molecule has 1 fully saturated rings. The monoisotopic (exact) mass is 586 g/mol. The molecule has 0 saturated carbocycles. The number of amides is 2. The summed E-state index contributed by atoms with van der Waals surface area (Å²) in [5, 5.41) is 31.0. The molecule has 42 heavy (non-hydrogen) atoms. The van der Waals surface area contributed by atoms with E-state index in [9.17, 15) is 22.8 Å². The van der Waals surface area contributed by atoms with E-state index in [1.807, 2.05) is 0 Å². The van der Waals surface area contributed by atoms with E-state index in [-0.39, 0.29) is 37.0 Å². The summed E-state index contributed by atoms with van der Waals surface area (Å²) in [5.41, 5.74) is 0.367. The van der Waals surface area contributed by atoms with Crippen LogP contribution in [-0.4, -0.2) is 81.3 Å². The van der Waals surface area contributed by atoms with Crippen LogP contribution in [0.1, 0.15) is 36.6 Å². The topological polar surface area (TPSA) is 166 Å². The van der Waals surface area contributed by atoms with Crippen LogP contribution in [0.25, 0.3) is 5.82 Å². The molecule has 1 saturated heterocycles. The molecule has 2 amide bonds. The maximum absolute atomic E-state index is 14.1. The van der Waals surface area contributed by atoms with E-state index >= 15 is 0 Å². The van der Waals surface area contributed by atoms with E-state index < -0.39 is 29.6 Å². The summed E-state index contributed by atoms with van der Waals surface area (Å²) in [6.45, 7) is 0.908. The van der Waals surface area contributed by atoms with Crippen LogP contribution in [0.15, 0.2) is 43.0 Å². The molecule has 17 heteroatoms. The minimum absolute atomic E-state index is 0.0655. The van der Waals surface area contributed by atoms with Crippen molar-refractivity contribution in [3.63, 3.8) is 0 Å². The molecular weight excluding hydrogens is 561 g/mol. The van der Waals surface area contributed by atoms with Gasteiger partial charge in [0, 0.05) is 31.6 Å². The molecule has 1 aliphatic heterocycles. The van der Waals surface area contributed by atoms with E-state index in [2.05, 4.69) is 36.0 Å². The number of ether oxygens (including phenoxy) is 1. The average Bonchev–Trinajstić information content (AvgIpc) is 3.68. The van der Waals surface area contributed by atoms with Gasteiger partial charge in [-0.2, -0.15) is 19.7 Å². The summed E-state index contributed by atoms with van der Waals surface area (Å²) < 4.78 is 48.1. The summed E-state index contributed by atoms with van der Waals surface area (Å²) in [7, 11) is 0. The van der Waals surface area contributed by atoms with Crippen molar-refractivity contribution in [1.29, 1.82) is 0 Å². The third kappa shape index (κ3) is 6.97. The minimum Gasteiger partial charge on any atom is -0.486 e. The lowest BCUT2D eigenvalue weighted by Gasteiger charge is -2.32. The fourth-order valence-electron chi connectivity index (χ4n) is 4.59. The Labute approximate surface area is 236 Å². The number of hydrogen-bond acceptors (Lipinski definition) is 9. The van der Waals surface area contributed by atoms with Gasteiger partial charge in [0.1, 0.15) is 30.2 Å². The molecule has 1 aromatic carbocycles. The second kappa shape index (κ2) is 12.6. The SMILES string of the molecule is O=C(O)NC(CC(=O)N1CCC(n2ncc(COc3ccc(-n4cnnn4)nc3)n2)CC1)Cc1cc(F)c(F)cc1F. The Morgan fingerprint density at radius 1 is 1.10 bits per heavy atom. The number of halogens is 3. The zero-order valence-corrected chi connectivity index (χ0v) is 22.0. The highest BCUT2D eigenvalue weighted by atomic mass is 19.2. The van der Waals surface area contributed by atoms with Gasteiger partial charge < -0.3 is 20.1 Å². The number of aromatic nitrogens is 8. The lowest BCUT2D eigenvalue weighted by atomic mass is 10.0. The predicted octanol–water partition coefficient (Wildman–Crippen LogP) is 2.08. The van der Waals surface area contributed by atoms with Crippen molar-refractivity contribution < 1.29 is 32.6 Å². The summed E-state index contributed by atoms with van der Waals surface area (Å²) >= 11 is 0. The second-order valence-electron chi connectivity index (χ2n) is 9.58. The van der Waals surface area contributed by atoms with Gasteiger partial charge in [0.15, 0.2) is 17.5 Å². The number of rotatable bonds is 10. The van der Waals surface area contributed by atoms with Crippen molar-refractivity contribution >= 4 is 12.0 Å². The summed E-state index contributed by atoms with van der Waals surface area (Å²) in [6, 6.07) is 3.39. The van der Waals surface area contributed by atoms with E-state index in [0.29, 0.717) is 55.3 Å². The molecule has 1 atom stereocenters. The average molecular weight is 587 g/mol. The summed E-state index contributed by atoms with van der Waals surface area (Å²) in [5.74, 6) is -2.92. The van der Waals surface area contributed by atoms with Crippen LogP contribution >= 0.6 is 0 Å². The highest BCUT2D eigenvalue weighted by Crippen LogP contribution is 2.23. The number of benzene rings is 1. The fraction of sp³-hybridized carbons (Fsp3) is 0.360. The molecule has 0 radical (unpaired) electrons. The smallest absolute Gasteiger partial charge is 0.404 e. The fourth-order valence-corrected chi connectivity index (χ4v) is 4.59. The van der Waals surface area contributed by atoms with Crippen molar-refractivity contribution in [2.45, 2.75) is 44.4 Å². The standard InChI is InChI=1S/C25H25F3N10O4/c26-20-10-22(28)21(27)8-15(20)7-16(32-25(40)41)9-24(39)36-5-3-18(4-6-36)38-31-11-17(33-38)13-42-19-1-2-23(29-12-19)37-14-30-34-35-37/h1-2,8,10-12,14,16,18,32H,3-7,9,13H2,(H,40,41). The Hall–Kier alpha value is -5.09. The van der Waals surface area contributed by atoms with Gasteiger partial charge in [0.05, 0.1) is 18.4 Å². The number of pyridine rings is 1. The number of carbonyl (C=O) groups excluding carboxylic acids is 1. The number of nitrogens with one attached hydrogen (secondary N) is 1. The van der Waals surface area contributed by atoms with Crippen LogP contribution in [0.4, 0.5) is 18.0 Å². The Balaban J connectivity index is 1.11. The lowest BCUT2D eigenvalue weighted by Crippen LogP contribution is -2.44. The number of tetrazole rings is 1. The third-order valence-electron chi connectivity index (χ3n) is 6.70. The van der Waals surface area contributed by atoms with Gasteiger partial charge in [0.25, 0.3) is 0 Å². The quantitative estimate of drug-likeness (QED) is 0.263. The first-order valence-electron chi connectivity index (χ1n) is 12.9. The first-order chi connectivity index (χ1) is 20.2. The Bertz CT molecular complexity index is 1530. The van der Waals surface area contributed by atoms with Crippen LogP contribution in [0, 0.1) is 17.5 Å². The van der Waals surface area contributed by atoms with Crippen molar-refractivity contribution in [2.75, 3.05) is 13.1 Å². The largest absolute Gasteiger partial charge is 0.486 e. The van der Waals surface area contributed by atoms with Crippen LogP contribution in [0.2, 0.25) is 0 Å². The van der Waals surface area contributed by atoms with Crippen molar-refractivity contribution in [1.82, 2.24) is 50.4 Å². The lowest BCUT2D eigenvalue weighted by molar-refractivity contribution is -0.133. The number of nitrogens with zero attached hydrogens (tertiary/aromatic N) is 9. The first kappa shape index (κ1) is 28.4. The number of hydrogen-bond donors (Lipinski definition) is 2. The predicted molar refractivity (Wildman–Crippen MR) is 136 cm³/mol. The zero-order valence-electron chi connectivity index (χ0n) is 22.0. The molecule has 0 spiro atoms. The van der Waals surface area contributed by atoms with Crippen molar-refractivity contribution in [3.05, 3.63) is 71.7 Å². The number of likely N-dealkylation sites (tertiary alicyclic amines) is 1. The van der Waals surface area contributed by atoms with E-state index in [1.54, 1.807) is 34.2 Å². The Morgan fingerprint density at radius 2 is 1.88 bits per heavy atom. The third-order valence-corrected chi connectivity index (χ3v) is 6.70. The summed E-state index contributed by atoms with van der Waals surface area (Å²) in [6.07, 6.45) is 3.66. The highest BCUT2D eigenvalue weighted by Gasteiger charge is 2.28. The molecule has 4 aromatic rings. The molecule has 14 nitrogen and oxygen atoms in total. The van der Waals surface area contributed by atoms with Crippen LogP contribution in [0.5, 0.6) is 5.75 Å². The van der Waals surface area contributed by atoms with Gasteiger partial charge in [-0.15, -0.1) is 5.10 Å². The van der Waals surface area contributed by atoms with Crippen LogP contribution in [-0.2, 0) is 17.8 Å². The van der Waals surface area contributed by atoms with Gasteiger partial charge in [-0.05, 0) is 53.5 Å². The summed E-state index contributed by atoms with van der Waals surface area (Å²) in [4.78, 5) is 31.6. The van der Waals surface area contributed by atoms with Crippen molar-refractivity contribution in [3.8, 4) is 11.6 Å². The molecule has 220 valence electrons. The number of piperidine rings is 1. The molecular formula is C25H25F3N10O4. The normalized spacial score (nSPS) is 14.5. The Morgan fingerprint density at radius 3 is 2.57 bits per heavy atom. The molecule has 1 unspecified atom stereocenters. The first-order valence-corrected chi connectivity index (χ1v) is 12.9. The minimum atomic E-state index is -1.42. The number of carboxylic acid groups (broad SMARTS) is 1.